The Labute approximate surface area is 134 Å². The van der Waals surface area contributed by atoms with Crippen LogP contribution >= 0.6 is 0 Å². The van der Waals surface area contributed by atoms with Gasteiger partial charge in [0.1, 0.15) is 6.61 Å². The number of aliphatic carboxylic acids is 1. The molecule has 2 fully saturated rings. The van der Waals surface area contributed by atoms with Crippen LogP contribution in [0.3, 0.4) is 0 Å². The fourth-order valence-corrected chi connectivity index (χ4v) is 4.15. The summed E-state index contributed by atoms with van der Waals surface area (Å²) in [5.74, 6) is 0.304. The lowest BCUT2D eigenvalue weighted by atomic mass is 9.81. The summed E-state index contributed by atoms with van der Waals surface area (Å²) >= 11 is 0. The Morgan fingerprint density at radius 3 is 2.78 bits per heavy atom. The monoisotopic (exact) mass is 317 g/mol. The largest absolute Gasteiger partial charge is 0.485 e. The van der Waals surface area contributed by atoms with Gasteiger partial charge in [0.05, 0.1) is 5.41 Å². The first-order chi connectivity index (χ1) is 11.1. The number of hydrogen-bond donors (Lipinski definition) is 1. The van der Waals surface area contributed by atoms with Crippen LogP contribution in [0.5, 0.6) is 11.5 Å². The molecule has 1 aliphatic carbocycles. The summed E-state index contributed by atoms with van der Waals surface area (Å²) in [6.45, 7) is 0.955. The normalized spacial score (nSPS) is 31.7. The number of para-hydroxylation sites is 2. The number of carboxylic acid groups (broad SMARTS) is 1. The van der Waals surface area contributed by atoms with Gasteiger partial charge >= 0.3 is 5.97 Å². The first-order valence-corrected chi connectivity index (χ1v) is 8.01. The van der Waals surface area contributed by atoms with Gasteiger partial charge in [0.15, 0.2) is 11.5 Å². The smallest absolute Gasteiger partial charge is 0.311 e. The molecule has 6 nitrogen and oxygen atoms in total. The van der Waals surface area contributed by atoms with Gasteiger partial charge in [0, 0.05) is 13.1 Å². The fourth-order valence-electron chi connectivity index (χ4n) is 4.15. The zero-order valence-corrected chi connectivity index (χ0v) is 12.7. The van der Waals surface area contributed by atoms with E-state index in [4.69, 9.17) is 9.47 Å². The minimum Gasteiger partial charge on any atom is -0.485 e. The number of carboxylic acids is 1. The van der Waals surface area contributed by atoms with Crippen LogP contribution in [0.1, 0.15) is 19.3 Å². The molecule has 1 unspecified atom stereocenters. The summed E-state index contributed by atoms with van der Waals surface area (Å²) in [5, 5.41) is 9.62. The average molecular weight is 317 g/mol. The van der Waals surface area contributed by atoms with Crippen molar-refractivity contribution >= 4 is 11.9 Å². The van der Waals surface area contributed by atoms with E-state index in [0.717, 1.165) is 12.8 Å². The van der Waals surface area contributed by atoms with Crippen LogP contribution in [-0.2, 0) is 9.59 Å². The molecule has 1 saturated carbocycles. The van der Waals surface area contributed by atoms with Crippen molar-refractivity contribution in [3.63, 3.8) is 0 Å². The van der Waals surface area contributed by atoms with E-state index in [0.29, 0.717) is 24.5 Å². The molecule has 0 spiro atoms. The second-order valence-corrected chi connectivity index (χ2v) is 6.63. The van der Waals surface area contributed by atoms with Crippen LogP contribution in [0, 0.1) is 11.3 Å². The van der Waals surface area contributed by atoms with E-state index in [1.165, 1.54) is 0 Å². The van der Waals surface area contributed by atoms with Crippen molar-refractivity contribution in [2.24, 2.45) is 11.3 Å². The predicted octanol–water partition coefficient (Wildman–Crippen LogP) is 1.54. The van der Waals surface area contributed by atoms with E-state index in [2.05, 4.69) is 0 Å². The Kier molecular flexibility index (Phi) is 3.21. The number of fused-ring (bicyclic) bond motifs is 2. The highest BCUT2D eigenvalue weighted by Crippen LogP contribution is 2.49. The third-order valence-corrected chi connectivity index (χ3v) is 5.39. The lowest BCUT2D eigenvalue weighted by Crippen LogP contribution is -2.46. The van der Waals surface area contributed by atoms with Crippen molar-refractivity contribution < 1.29 is 24.2 Å². The average Bonchev–Trinajstić information content (AvgIpc) is 3.12. The maximum atomic E-state index is 12.7. The molecule has 1 amide bonds. The zero-order valence-electron chi connectivity index (χ0n) is 12.7. The molecule has 0 aromatic heterocycles. The van der Waals surface area contributed by atoms with Gasteiger partial charge in [-0.3, -0.25) is 9.59 Å². The van der Waals surface area contributed by atoms with E-state index in [-0.39, 0.29) is 25.0 Å². The Hall–Kier alpha value is -2.24. The quantitative estimate of drug-likeness (QED) is 0.895. The number of carbonyl (C=O) groups is 2. The molecule has 3 aliphatic rings. The molecule has 1 saturated heterocycles. The Morgan fingerprint density at radius 2 is 2.04 bits per heavy atom. The molecule has 1 N–H and O–H groups in total. The van der Waals surface area contributed by atoms with Gasteiger partial charge in [-0.15, -0.1) is 0 Å². The molecule has 0 bridgehead atoms. The summed E-state index contributed by atoms with van der Waals surface area (Å²) in [6, 6.07) is 7.25. The van der Waals surface area contributed by atoms with Crippen LogP contribution in [-0.4, -0.2) is 47.7 Å². The molecule has 0 radical (unpaired) electrons. The molecule has 2 heterocycles. The number of benzene rings is 1. The van der Waals surface area contributed by atoms with Crippen LogP contribution in [0.2, 0.25) is 0 Å². The van der Waals surface area contributed by atoms with Gasteiger partial charge in [0.25, 0.3) is 5.91 Å². The predicted molar refractivity (Wildman–Crippen MR) is 80.3 cm³/mol. The Balaban J connectivity index is 1.50. The van der Waals surface area contributed by atoms with Crippen LogP contribution in [0.15, 0.2) is 24.3 Å². The second-order valence-electron chi connectivity index (χ2n) is 6.63. The lowest BCUT2D eigenvalue weighted by Gasteiger charge is -2.29. The van der Waals surface area contributed by atoms with Gasteiger partial charge in [0.2, 0.25) is 6.10 Å². The van der Waals surface area contributed by atoms with E-state index in [1.807, 2.05) is 12.1 Å². The third kappa shape index (κ3) is 2.16. The van der Waals surface area contributed by atoms with Gasteiger partial charge in [-0.1, -0.05) is 18.6 Å². The molecule has 3 atom stereocenters. The number of ether oxygens (including phenoxy) is 2. The molecule has 4 rings (SSSR count). The minimum absolute atomic E-state index is 0.0562. The van der Waals surface area contributed by atoms with Gasteiger partial charge in [-0.2, -0.15) is 0 Å². The molecule has 23 heavy (non-hydrogen) atoms. The van der Waals surface area contributed by atoms with Crippen molar-refractivity contribution in [2.45, 2.75) is 25.4 Å². The molecule has 1 aromatic carbocycles. The fraction of sp³-hybridized carbons (Fsp3) is 0.529. The summed E-state index contributed by atoms with van der Waals surface area (Å²) in [6.07, 6.45) is 1.76. The number of nitrogens with zero attached hydrogens (tertiary/aromatic N) is 1. The summed E-state index contributed by atoms with van der Waals surface area (Å²) in [5.41, 5.74) is -0.761. The van der Waals surface area contributed by atoms with Gasteiger partial charge < -0.3 is 19.5 Å². The topological polar surface area (TPSA) is 76.1 Å². The van der Waals surface area contributed by atoms with Crippen LogP contribution < -0.4 is 9.47 Å². The zero-order chi connectivity index (χ0) is 16.0. The lowest BCUT2D eigenvalue weighted by molar-refractivity contribution is -0.150. The highest BCUT2D eigenvalue weighted by atomic mass is 16.6. The molecule has 1 aromatic rings. The maximum absolute atomic E-state index is 12.7. The number of likely N-dealkylation sites (tertiary alicyclic amines) is 1. The van der Waals surface area contributed by atoms with Crippen molar-refractivity contribution in [1.29, 1.82) is 0 Å². The SMILES string of the molecule is O=C(C1COc2ccccc2O1)N1C[C@@H]2CCC[C@@]2(C(=O)O)C1. The van der Waals surface area contributed by atoms with Crippen LogP contribution in [0.25, 0.3) is 0 Å². The first-order valence-electron chi connectivity index (χ1n) is 8.01. The summed E-state index contributed by atoms with van der Waals surface area (Å²) < 4.78 is 11.4. The Bertz CT molecular complexity index is 660. The summed E-state index contributed by atoms with van der Waals surface area (Å²) in [4.78, 5) is 26.1. The van der Waals surface area contributed by atoms with E-state index >= 15 is 0 Å². The standard InChI is InChI=1S/C17H19NO5/c19-15(14-9-22-12-5-1-2-6-13(12)23-14)18-8-11-4-3-7-17(11,10-18)16(20)21/h1-2,5-6,11,14H,3-4,7-10H2,(H,20,21)/t11-,14?,17+/m0/s1. The van der Waals surface area contributed by atoms with Crippen molar-refractivity contribution in [3.8, 4) is 11.5 Å². The number of hydrogen-bond acceptors (Lipinski definition) is 4. The number of carbonyl (C=O) groups excluding carboxylic acids is 1. The second kappa shape index (κ2) is 5.15. The molecular formula is C17H19NO5. The number of amides is 1. The molecule has 122 valence electrons. The highest BCUT2D eigenvalue weighted by Gasteiger charge is 2.56. The molecule has 6 heteroatoms. The minimum atomic E-state index is -0.776. The Morgan fingerprint density at radius 1 is 1.26 bits per heavy atom. The maximum Gasteiger partial charge on any atom is 0.311 e. The van der Waals surface area contributed by atoms with Crippen molar-refractivity contribution in [3.05, 3.63) is 24.3 Å². The van der Waals surface area contributed by atoms with Crippen LogP contribution in [0.4, 0.5) is 0 Å². The summed E-state index contributed by atoms with van der Waals surface area (Å²) in [7, 11) is 0. The van der Waals surface area contributed by atoms with Gasteiger partial charge in [-0.25, -0.2) is 0 Å². The first kappa shape index (κ1) is 14.4. The van der Waals surface area contributed by atoms with Crippen molar-refractivity contribution in [1.82, 2.24) is 4.90 Å². The third-order valence-electron chi connectivity index (χ3n) is 5.39. The van der Waals surface area contributed by atoms with Gasteiger partial charge in [-0.05, 0) is 30.9 Å². The van der Waals surface area contributed by atoms with E-state index in [1.54, 1.807) is 17.0 Å². The highest BCUT2D eigenvalue weighted by molar-refractivity contribution is 5.84. The molecule has 2 aliphatic heterocycles. The number of rotatable bonds is 2. The van der Waals surface area contributed by atoms with Crippen molar-refractivity contribution in [2.75, 3.05) is 19.7 Å². The van der Waals surface area contributed by atoms with E-state index in [9.17, 15) is 14.7 Å². The van der Waals surface area contributed by atoms with E-state index < -0.39 is 17.5 Å². The molecular weight excluding hydrogens is 298 g/mol.